The van der Waals surface area contributed by atoms with E-state index < -0.39 is 0 Å². The van der Waals surface area contributed by atoms with Gasteiger partial charge >= 0.3 is 0 Å². The third kappa shape index (κ3) is 5.54. The second-order valence-electron chi connectivity index (χ2n) is 6.53. The van der Waals surface area contributed by atoms with Crippen LogP contribution in [0.1, 0.15) is 44.6 Å². The number of ether oxygens (including phenoxy) is 1. The normalized spacial score (nSPS) is 15.7. The number of carbonyl (C=O) groups excluding carboxylic acids is 1. The minimum Gasteiger partial charge on any atom is -0.494 e. The van der Waals surface area contributed by atoms with Crippen LogP contribution in [0.3, 0.4) is 0 Å². The van der Waals surface area contributed by atoms with Crippen molar-refractivity contribution < 1.29 is 9.53 Å². The summed E-state index contributed by atoms with van der Waals surface area (Å²) in [6.07, 6.45) is 6.39. The van der Waals surface area contributed by atoms with Crippen LogP contribution in [0.4, 0.5) is 0 Å². The van der Waals surface area contributed by atoms with E-state index in [1.807, 2.05) is 43.1 Å². The van der Waals surface area contributed by atoms with Crippen molar-refractivity contribution in [2.75, 3.05) is 27.2 Å². The van der Waals surface area contributed by atoms with E-state index in [0.717, 1.165) is 11.3 Å². The van der Waals surface area contributed by atoms with Crippen LogP contribution in [-0.2, 0) is 11.3 Å². The van der Waals surface area contributed by atoms with Gasteiger partial charge in [-0.05, 0) is 44.5 Å². The van der Waals surface area contributed by atoms with E-state index in [1.54, 1.807) is 0 Å². The van der Waals surface area contributed by atoms with Crippen molar-refractivity contribution in [1.82, 2.24) is 9.80 Å². The Hall–Kier alpha value is -1.55. The summed E-state index contributed by atoms with van der Waals surface area (Å²) in [7, 11) is 3.96. The molecular weight excluding hydrogens is 288 g/mol. The largest absolute Gasteiger partial charge is 0.494 e. The topological polar surface area (TPSA) is 32.8 Å². The Balaban J connectivity index is 1.81. The fourth-order valence-electron chi connectivity index (χ4n) is 3.20. The molecule has 128 valence electrons. The van der Waals surface area contributed by atoms with Gasteiger partial charge in [0, 0.05) is 19.6 Å². The van der Waals surface area contributed by atoms with E-state index in [1.165, 1.54) is 32.1 Å². The molecule has 1 aliphatic rings. The number of nitrogens with zero attached hydrogens (tertiary/aromatic N) is 2. The number of hydrogen-bond donors (Lipinski definition) is 0. The average molecular weight is 318 g/mol. The number of likely N-dealkylation sites (N-methyl/N-ethyl adjacent to an activating group) is 2. The number of amides is 1. The molecule has 0 spiro atoms. The molecule has 4 nitrogen and oxygen atoms in total. The van der Waals surface area contributed by atoms with Gasteiger partial charge in [0.25, 0.3) is 0 Å². The highest BCUT2D eigenvalue weighted by Gasteiger charge is 2.21. The molecule has 1 saturated carbocycles. The van der Waals surface area contributed by atoms with Gasteiger partial charge in [0.05, 0.1) is 13.2 Å². The predicted octanol–water partition coefficient (Wildman–Crippen LogP) is 3.31. The van der Waals surface area contributed by atoms with Gasteiger partial charge in [-0.15, -0.1) is 0 Å². The molecule has 0 unspecified atom stereocenters. The quantitative estimate of drug-likeness (QED) is 0.773. The average Bonchev–Trinajstić information content (AvgIpc) is 2.57. The van der Waals surface area contributed by atoms with Crippen LogP contribution < -0.4 is 4.74 Å². The molecule has 0 heterocycles. The first-order valence-corrected chi connectivity index (χ1v) is 8.76. The fourth-order valence-corrected chi connectivity index (χ4v) is 3.20. The standard InChI is InChI=1S/C19H30N2O2/c1-4-23-18-12-10-16(11-13-18)14-21(3)19(22)15-20(2)17-8-6-5-7-9-17/h10-13,17H,4-9,14-15H2,1-3H3. The van der Waals surface area contributed by atoms with Crippen molar-refractivity contribution in [3.63, 3.8) is 0 Å². The third-order valence-electron chi connectivity index (χ3n) is 4.66. The summed E-state index contributed by atoms with van der Waals surface area (Å²) in [5, 5.41) is 0. The highest BCUT2D eigenvalue weighted by molar-refractivity contribution is 5.78. The van der Waals surface area contributed by atoms with E-state index >= 15 is 0 Å². The van der Waals surface area contributed by atoms with E-state index in [4.69, 9.17) is 4.74 Å². The van der Waals surface area contributed by atoms with Crippen molar-refractivity contribution >= 4 is 5.91 Å². The summed E-state index contributed by atoms with van der Waals surface area (Å²) in [5.74, 6) is 1.06. The Morgan fingerprint density at radius 2 is 1.78 bits per heavy atom. The molecule has 0 N–H and O–H groups in total. The number of rotatable bonds is 7. The lowest BCUT2D eigenvalue weighted by Gasteiger charge is -2.31. The maximum absolute atomic E-state index is 12.4. The van der Waals surface area contributed by atoms with Crippen LogP contribution in [0, 0.1) is 0 Å². The van der Waals surface area contributed by atoms with Crippen LogP contribution in [-0.4, -0.2) is 49.0 Å². The first kappa shape index (κ1) is 17.8. The summed E-state index contributed by atoms with van der Waals surface area (Å²) in [4.78, 5) is 16.5. The van der Waals surface area contributed by atoms with Crippen molar-refractivity contribution in [1.29, 1.82) is 0 Å². The summed E-state index contributed by atoms with van der Waals surface area (Å²) in [6, 6.07) is 8.56. The molecule has 1 fully saturated rings. The van der Waals surface area contributed by atoms with Gasteiger partial charge in [-0.3, -0.25) is 9.69 Å². The van der Waals surface area contributed by atoms with Crippen LogP contribution in [0.5, 0.6) is 5.75 Å². The molecule has 0 atom stereocenters. The van der Waals surface area contributed by atoms with Gasteiger partial charge in [0.2, 0.25) is 5.91 Å². The first-order valence-electron chi connectivity index (χ1n) is 8.76. The molecule has 1 aromatic carbocycles. The Morgan fingerprint density at radius 3 is 2.39 bits per heavy atom. The van der Waals surface area contributed by atoms with Crippen molar-refractivity contribution in [2.45, 2.75) is 51.6 Å². The summed E-state index contributed by atoms with van der Waals surface area (Å²) in [6.45, 7) is 3.80. The number of benzene rings is 1. The highest BCUT2D eigenvalue weighted by atomic mass is 16.5. The zero-order chi connectivity index (χ0) is 16.7. The molecule has 0 radical (unpaired) electrons. The lowest BCUT2D eigenvalue weighted by atomic mass is 9.94. The molecule has 1 aliphatic carbocycles. The maximum Gasteiger partial charge on any atom is 0.236 e. The molecule has 1 aromatic rings. The number of hydrogen-bond acceptors (Lipinski definition) is 3. The zero-order valence-electron chi connectivity index (χ0n) is 14.8. The molecule has 23 heavy (non-hydrogen) atoms. The summed E-state index contributed by atoms with van der Waals surface area (Å²) in [5.41, 5.74) is 1.13. The smallest absolute Gasteiger partial charge is 0.236 e. The van der Waals surface area contributed by atoms with Crippen molar-refractivity contribution in [3.05, 3.63) is 29.8 Å². The molecule has 0 bridgehead atoms. The highest BCUT2D eigenvalue weighted by Crippen LogP contribution is 2.21. The monoisotopic (exact) mass is 318 g/mol. The zero-order valence-corrected chi connectivity index (χ0v) is 14.8. The van der Waals surface area contributed by atoms with E-state index in [-0.39, 0.29) is 5.91 Å². The lowest BCUT2D eigenvalue weighted by molar-refractivity contribution is -0.132. The van der Waals surface area contributed by atoms with E-state index in [2.05, 4.69) is 11.9 Å². The molecule has 0 aromatic heterocycles. The molecule has 2 rings (SSSR count). The Kier molecular flexibility index (Phi) is 6.90. The third-order valence-corrected chi connectivity index (χ3v) is 4.66. The van der Waals surface area contributed by atoms with Crippen LogP contribution in [0.2, 0.25) is 0 Å². The Labute approximate surface area is 140 Å². The fraction of sp³-hybridized carbons (Fsp3) is 0.632. The van der Waals surface area contributed by atoms with Gasteiger partial charge in [0.15, 0.2) is 0 Å². The minimum atomic E-state index is 0.187. The van der Waals surface area contributed by atoms with Crippen LogP contribution in [0.25, 0.3) is 0 Å². The van der Waals surface area contributed by atoms with Gasteiger partial charge in [-0.1, -0.05) is 31.4 Å². The second kappa shape index (κ2) is 8.92. The molecule has 1 amide bonds. The first-order chi connectivity index (χ1) is 11.1. The van der Waals surface area contributed by atoms with Crippen LogP contribution in [0.15, 0.2) is 24.3 Å². The Morgan fingerprint density at radius 1 is 1.13 bits per heavy atom. The van der Waals surface area contributed by atoms with Crippen molar-refractivity contribution in [2.24, 2.45) is 0 Å². The molecule has 4 heteroatoms. The van der Waals surface area contributed by atoms with Crippen molar-refractivity contribution in [3.8, 4) is 5.75 Å². The maximum atomic E-state index is 12.4. The Bertz CT molecular complexity index is 481. The summed E-state index contributed by atoms with van der Waals surface area (Å²) < 4.78 is 5.45. The molecule has 0 saturated heterocycles. The molecule has 0 aliphatic heterocycles. The van der Waals surface area contributed by atoms with E-state index in [0.29, 0.717) is 25.7 Å². The van der Waals surface area contributed by atoms with E-state index in [9.17, 15) is 4.79 Å². The number of carbonyl (C=O) groups is 1. The molecular formula is C19H30N2O2. The summed E-state index contributed by atoms with van der Waals surface area (Å²) >= 11 is 0. The van der Waals surface area contributed by atoms with Gasteiger partial charge in [-0.25, -0.2) is 0 Å². The minimum absolute atomic E-state index is 0.187. The van der Waals surface area contributed by atoms with Gasteiger partial charge in [-0.2, -0.15) is 0 Å². The predicted molar refractivity (Wildman–Crippen MR) is 93.6 cm³/mol. The van der Waals surface area contributed by atoms with Gasteiger partial charge in [0.1, 0.15) is 5.75 Å². The SMILES string of the molecule is CCOc1ccc(CN(C)C(=O)CN(C)C2CCCCC2)cc1. The van der Waals surface area contributed by atoms with Gasteiger partial charge < -0.3 is 9.64 Å². The second-order valence-corrected chi connectivity index (χ2v) is 6.53. The van der Waals surface area contributed by atoms with Crippen LogP contribution >= 0.6 is 0 Å². The lowest BCUT2D eigenvalue weighted by Crippen LogP contribution is -2.41.